The fourth-order valence-corrected chi connectivity index (χ4v) is 2.55. The quantitative estimate of drug-likeness (QED) is 0.791. The number of carbonyl (C=O) groups is 2. The van der Waals surface area contributed by atoms with E-state index in [1.165, 1.54) is 0 Å². The number of hydrogen-bond acceptors (Lipinski definition) is 3. The largest absolute Gasteiger partial charge is 0.350 e. The molecule has 2 rings (SSSR count). The molecule has 1 aromatic rings. The molecule has 0 saturated heterocycles. The fraction of sp³-hybridized carbons (Fsp3) is 0.500. The first-order chi connectivity index (χ1) is 9.95. The Bertz CT molecular complexity index is 511. The smallest absolute Gasteiger partial charge is 0.251 e. The Morgan fingerprint density at radius 1 is 1.19 bits per heavy atom. The Morgan fingerprint density at radius 3 is 2.38 bits per heavy atom. The van der Waals surface area contributed by atoms with E-state index in [0.29, 0.717) is 11.3 Å². The minimum atomic E-state index is -0.107. The lowest BCUT2D eigenvalue weighted by molar-refractivity contribution is -0.119. The molecule has 0 aromatic heterocycles. The molecule has 0 radical (unpaired) electrons. The molecule has 1 aromatic carbocycles. The van der Waals surface area contributed by atoms with Gasteiger partial charge in [0.2, 0.25) is 5.91 Å². The van der Waals surface area contributed by atoms with Crippen molar-refractivity contribution in [3.05, 3.63) is 29.8 Å². The molecule has 1 fully saturated rings. The minimum absolute atomic E-state index is 0.00363. The summed E-state index contributed by atoms with van der Waals surface area (Å²) in [6, 6.07) is 7.18. The molecule has 1 saturated carbocycles. The molecule has 0 heterocycles. The first-order valence-electron chi connectivity index (χ1n) is 7.43. The molecule has 114 valence electrons. The summed E-state index contributed by atoms with van der Waals surface area (Å²) in [4.78, 5) is 23.9. The third-order valence-electron chi connectivity index (χ3n) is 3.68. The van der Waals surface area contributed by atoms with Crippen LogP contribution in [0.4, 0.5) is 5.69 Å². The minimum Gasteiger partial charge on any atom is -0.350 e. The second-order valence-electron chi connectivity index (χ2n) is 5.96. The van der Waals surface area contributed by atoms with Gasteiger partial charge in [0.15, 0.2) is 0 Å². The number of rotatable bonds is 4. The molecule has 1 aliphatic rings. The fourth-order valence-electron chi connectivity index (χ4n) is 2.55. The van der Waals surface area contributed by atoms with Gasteiger partial charge in [0.1, 0.15) is 0 Å². The molecule has 2 amide bonds. The number of anilines is 1. The van der Waals surface area contributed by atoms with Crippen LogP contribution in [0.5, 0.6) is 0 Å². The molecule has 5 heteroatoms. The number of hydrogen-bond donors (Lipinski definition) is 3. The van der Waals surface area contributed by atoms with Crippen molar-refractivity contribution < 1.29 is 9.59 Å². The normalized spacial score (nSPS) is 21.3. The predicted molar refractivity (Wildman–Crippen MR) is 83.0 cm³/mol. The second kappa shape index (κ2) is 6.72. The number of nitrogens with one attached hydrogen (secondary N) is 2. The topological polar surface area (TPSA) is 84.2 Å². The summed E-state index contributed by atoms with van der Waals surface area (Å²) < 4.78 is 0. The summed E-state index contributed by atoms with van der Waals surface area (Å²) in [5.74, 6) is -0.0871. The Hall–Kier alpha value is -1.88. The predicted octanol–water partition coefficient (Wildman–Crippen LogP) is 1.89. The highest BCUT2D eigenvalue weighted by atomic mass is 16.2. The van der Waals surface area contributed by atoms with Crippen molar-refractivity contribution in [2.24, 2.45) is 11.7 Å². The monoisotopic (exact) mass is 289 g/mol. The van der Waals surface area contributed by atoms with Gasteiger partial charge in [0, 0.05) is 29.3 Å². The lowest BCUT2D eigenvalue weighted by atomic mass is 10.1. The van der Waals surface area contributed by atoms with Gasteiger partial charge < -0.3 is 16.4 Å². The lowest BCUT2D eigenvalue weighted by Gasteiger charge is -2.12. The third kappa shape index (κ3) is 4.29. The SMILES string of the molecule is CC(C)NC(=O)c1ccc(NC(=O)C2CCC(N)C2)cc1. The molecule has 0 aliphatic heterocycles. The van der Waals surface area contributed by atoms with Gasteiger partial charge in [-0.2, -0.15) is 0 Å². The summed E-state index contributed by atoms with van der Waals surface area (Å²) in [7, 11) is 0. The van der Waals surface area contributed by atoms with Crippen molar-refractivity contribution in [3.8, 4) is 0 Å². The standard InChI is InChI=1S/C16H23N3O2/c1-10(2)18-15(20)11-4-7-14(8-5-11)19-16(21)12-3-6-13(17)9-12/h4-5,7-8,10,12-13H,3,6,9,17H2,1-2H3,(H,18,20)(H,19,21). The van der Waals surface area contributed by atoms with Crippen molar-refractivity contribution in [2.45, 2.75) is 45.2 Å². The molecule has 0 bridgehead atoms. The highest BCUT2D eigenvalue weighted by molar-refractivity contribution is 5.96. The zero-order chi connectivity index (χ0) is 15.4. The van der Waals surface area contributed by atoms with Gasteiger partial charge in [0.05, 0.1) is 0 Å². The van der Waals surface area contributed by atoms with Gasteiger partial charge >= 0.3 is 0 Å². The van der Waals surface area contributed by atoms with Crippen LogP contribution in [0.25, 0.3) is 0 Å². The summed E-state index contributed by atoms with van der Waals surface area (Å²) in [6.45, 7) is 3.83. The van der Waals surface area contributed by atoms with Crippen molar-refractivity contribution in [2.75, 3.05) is 5.32 Å². The van der Waals surface area contributed by atoms with Crippen LogP contribution in [0.15, 0.2) is 24.3 Å². The number of benzene rings is 1. The van der Waals surface area contributed by atoms with Gasteiger partial charge in [-0.25, -0.2) is 0 Å². The van der Waals surface area contributed by atoms with Crippen LogP contribution in [-0.4, -0.2) is 23.9 Å². The van der Waals surface area contributed by atoms with E-state index < -0.39 is 0 Å². The Morgan fingerprint density at radius 2 is 1.86 bits per heavy atom. The van der Waals surface area contributed by atoms with Crippen molar-refractivity contribution in [1.82, 2.24) is 5.32 Å². The molecule has 5 nitrogen and oxygen atoms in total. The number of nitrogens with two attached hydrogens (primary N) is 1. The van der Waals surface area contributed by atoms with E-state index in [9.17, 15) is 9.59 Å². The van der Waals surface area contributed by atoms with Gasteiger partial charge in [-0.05, 0) is 57.4 Å². The maximum absolute atomic E-state index is 12.1. The van der Waals surface area contributed by atoms with E-state index in [0.717, 1.165) is 19.3 Å². The van der Waals surface area contributed by atoms with Crippen LogP contribution < -0.4 is 16.4 Å². The molecular weight excluding hydrogens is 266 g/mol. The number of amides is 2. The van der Waals surface area contributed by atoms with Crippen molar-refractivity contribution in [3.63, 3.8) is 0 Å². The highest BCUT2D eigenvalue weighted by Crippen LogP contribution is 2.25. The van der Waals surface area contributed by atoms with Crippen LogP contribution in [0.1, 0.15) is 43.5 Å². The summed E-state index contributed by atoms with van der Waals surface area (Å²) in [5.41, 5.74) is 7.12. The van der Waals surface area contributed by atoms with Crippen LogP contribution in [-0.2, 0) is 4.79 Å². The third-order valence-corrected chi connectivity index (χ3v) is 3.68. The number of carbonyl (C=O) groups excluding carboxylic acids is 2. The molecule has 2 unspecified atom stereocenters. The highest BCUT2D eigenvalue weighted by Gasteiger charge is 2.27. The average Bonchev–Trinajstić information content (AvgIpc) is 2.85. The molecular formula is C16H23N3O2. The molecule has 2 atom stereocenters. The van der Waals surface area contributed by atoms with E-state index in [1.54, 1.807) is 24.3 Å². The van der Waals surface area contributed by atoms with E-state index in [-0.39, 0.29) is 29.8 Å². The van der Waals surface area contributed by atoms with E-state index in [1.807, 2.05) is 13.8 Å². The van der Waals surface area contributed by atoms with E-state index in [2.05, 4.69) is 10.6 Å². The maximum atomic E-state index is 12.1. The van der Waals surface area contributed by atoms with Crippen molar-refractivity contribution >= 4 is 17.5 Å². The maximum Gasteiger partial charge on any atom is 0.251 e. The zero-order valence-corrected chi connectivity index (χ0v) is 12.6. The Labute approximate surface area is 125 Å². The second-order valence-corrected chi connectivity index (χ2v) is 5.96. The summed E-state index contributed by atoms with van der Waals surface area (Å²) in [5, 5.41) is 5.71. The van der Waals surface area contributed by atoms with Crippen LogP contribution in [0.3, 0.4) is 0 Å². The van der Waals surface area contributed by atoms with Crippen LogP contribution in [0.2, 0.25) is 0 Å². The Kier molecular flexibility index (Phi) is 4.96. The summed E-state index contributed by atoms with van der Waals surface area (Å²) in [6.07, 6.45) is 2.51. The van der Waals surface area contributed by atoms with Gasteiger partial charge in [0.25, 0.3) is 5.91 Å². The van der Waals surface area contributed by atoms with Crippen LogP contribution in [0, 0.1) is 5.92 Å². The van der Waals surface area contributed by atoms with E-state index in [4.69, 9.17) is 5.73 Å². The van der Waals surface area contributed by atoms with Gasteiger partial charge in [-0.3, -0.25) is 9.59 Å². The Balaban J connectivity index is 1.93. The molecule has 4 N–H and O–H groups in total. The zero-order valence-electron chi connectivity index (χ0n) is 12.6. The molecule has 0 spiro atoms. The van der Waals surface area contributed by atoms with Gasteiger partial charge in [-0.1, -0.05) is 0 Å². The first-order valence-corrected chi connectivity index (χ1v) is 7.43. The molecule has 1 aliphatic carbocycles. The van der Waals surface area contributed by atoms with Crippen molar-refractivity contribution in [1.29, 1.82) is 0 Å². The lowest BCUT2D eigenvalue weighted by Crippen LogP contribution is -2.30. The molecule has 21 heavy (non-hydrogen) atoms. The van der Waals surface area contributed by atoms with Gasteiger partial charge in [-0.15, -0.1) is 0 Å². The average molecular weight is 289 g/mol. The summed E-state index contributed by atoms with van der Waals surface area (Å²) >= 11 is 0. The van der Waals surface area contributed by atoms with E-state index >= 15 is 0 Å². The first kappa shape index (κ1) is 15.5. The van der Waals surface area contributed by atoms with Crippen LogP contribution >= 0.6 is 0 Å².